The third-order valence-electron chi connectivity index (χ3n) is 4.77. The molecule has 29 heavy (non-hydrogen) atoms. The van der Waals surface area contributed by atoms with E-state index in [2.05, 4.69) is 10.6 Å². The zero-order chi connectivity index (χ0) is 20.2. The summed E-state index contributed by atoms with van der Waals surface area (Å²) in [5, 5.41) is 17.8. The number of phenolic OH excluding ortho intramolecular Hbond substituents is 1. The zero-order valence-corrected chi connectivity index (χ0v) is 15.5. The number of para-hydroxylation sites is 1. The van der Waals surface area contributed by atoms with Crippen LogP contribution in [0.15, 0.2) is 91.0 Å². The van der Waals surface area contributed by atoms with Gasteiger partial charge in [-0.25, -0.2) is 9.18 Å². The van der Waals surface area contributed by atoms with E-state index in [-0.39, 0.29) is 11.4 Å². The molecule has 0 aliphatic heterocycles. The number of aromatic hydroxyl groups is 1. The van der Waals surface area contributed by atoms with Gasteiger partial charge in [0.25, 0.3) is 0 Å². The van der Waals surface area contributed by atoms with Crippen molar-refractivity contribution in [1.82, 2.24) is 5.32 Å². The quantitative estimate of drug-likeness (QED) is 0.428. The predicted molar refractivity (Wildman–Crippen MR) is 112 cm³/mol. The van der Waals surface area contributed by atoms with Gasteiger partial charge in [-0.05, 0) is 34.5 Å². The van der Waals surface area contributed by atoms with Gasteiger partial charge in [-0.2, -0.15) is 0 Å². The number of fused-ring (bicyclic) bond motifs is 1. The second-order valence-corrected chi connectivity index (χ2v) is 6.64. The number of hydrogen-bond acceptors (Lipinski definition) is 2. The molecule has 144 valence electrons. The summed E-state index contributed by atoms with van der Waals surface area (Å²) in [5.41, 5.74) is 1.46. The lowest BCUT2D eigenvalue weighted by atomic mass is 9.93. The first kappa shape index (κ1) is 18.5. The molecule has 1 unspecified atom stereocenters. The van der Waals surface area contributed by atoms with Crippen molar-refractivity contribution in [3.8, 4) is 5.75 Å². The third-order valence-corrected chi connectivity index (χ3v) is 4.77. The maximum atomic E-state index is 13.9. The van der Waals surface area contributed by atoms with Crippen molar-refractivity contribution in [1.29, 1.82) is 0 Å². The average Bonchev–Trinajstić information content (AvgIpc) is 2.75. The van der Waals surface area contributed by atoms with E-state index in [1.54, 1.807) is 18.2 Å². The first-order valence-electron chi connectivity index (χ1n) is 9.21. The molecule has 2 amide bonds. The summed E-state index contributed by atoms with van der Waals surface area (Å²) in [6.45, 7) is 0. The predicted octanol–water partition coefficient (Wildman–Crippen LogP) is 5.60. The van der Waals surface area contributed by atoms with Crippen LogP contribution in [0.2, 0.25) is 0 Å². The Morgan fingerprint density at radius 3 is 2.31 bits per heavy atom. The Morgan fingerprint density at radius 2 is 1.52 bits per heavy atom. The fourth-order valence-corrected chi connectivity index (χ4v) is 3.41. The minimum atomic E-state index is -0.630. The van der Waals surface area contributed by atoms with Crippen LogP contribution >= 0.6 is 0 Å². The lowest BCUT2D eigenvalue weighted by Crippen LogP contribution is -2.33. The van der Waals surface area contributed by atoms with Crippen LogP contribution in [0.1, 0.15) is 17.2 Å². The summed E-state index contributed by atoms with van der Waals surface area (Å²) in [5.74, 6) is -0.448. The molecule has 0 bridgehead atoms. The highest BCUT2D eigenvalue weighted by Crippen LogP contribution is 2.35. The molecule has 0 fully saturated rings. The average molecular weight is 386 g/mol. The van der Waals surface area contributed by atoms with Crippen molar-refractivity contribution >= 4 is 22.5 Å². The molecule has 0 aromatic heterocycles. The second-order valence-electron chi connectivity index (χ2n) is 6.64. The van der Waals surface area contributed by atoms with E-state index in [4.69, 9.17) is 0 Å². The number of nitrogens with one attached hydrogen (secondary N) is 2. The molecule has 0 aliphatic rings. The highest BCUT2D eigenvalue weighted by Gasteiger charge is 2.22. The first-order chi connectivity index (χ1) is 14.1. The standard InChI is InChI=1S/C24H19FN2O2/c25-19-12-6-7-13-20(19)26-24(29)27-23(17-9-2-1-3-10-17)22-18-11-5-4-8-16(18)14-15-21(22)28/h1-15,23,28H,(H2,26,27,29). The monoisotopic (exact) mass is 386 g/mol. The zero-order valence-electron chi connectivity index (χ0n) is 15.5. The van der Waals surface area contributed by atoms with Crippen molar-refractivity contribution in [2.24, 2.45) is 0 Å². The topological polar surface area (TPSA) is 61.4 Å². The second kappa shape index (κ2) is 8.02. The summed E-state index contributed by atoms with van der Waals surface area (Å²) in [7, 11) is 0. The fraction of sp³-hybridized carbons (Fsp3) is 0.0417. The Hall–Kier alpha value is -3.86. The molecule has 1 atom stereocenters. The van der Waals surface area contributed by atoms with Crippen molar-refractivity contribution in [3.05, 3.63) is 108 Å². The van der Waals surface area contributed by atoms with E-state index in [1.165, 1.54) is 12.1 Å². The minimum Gasteiger partial charge on any atom is -0.508 e. The lowest BCUT2D eigenvalue weighted by molar-refractivity contribution is 0.250. The van der Waals surface area contributed by atoms with Gasteiger partial charge in [0.2, 0.25) is 0 Å². The molecule has 0 aliphatic carbocycles. The molecule has 3 N–H and O–H groups in total. The maximum absolute atomic E-state index is 13.9. The highest BCUT2D eigenvalue weighted by molar-refractivity contribution is 5.92. The number of carbonyl (C=O) groups excluding carboxylic acids is 1. The Balaban J connectivity index is 1.75. The van der Waals surface area contributed by atoms with E-state index in [9.17, 15) is 14.3 Å². The minimum absolute atomic E-state index is 0.0729. The van der Waals surface area contributed by atoms with Gasteiger partial charge >= 0.3 is 6.03 Å². The van der Waals surface area contributed by atoms with Crippen molar-refractivity contribution < 1.29 is 14.3 Å². The van der Waals surface area contributed by atoms with Gasteiger partial charge < -0.3 is 15.7 Å². The van der Waals surface area contributed by atoms with Crippen molar-refractivity contribution in [3.63, 3.8) is 0 Å². The van der Waals surface area contributed by atoms with Crippen molar-refractivity contribution in [2.45, 2.75) is 6.04 Å². The number of amides is 2. The van der Waals surface area contributed by atoms with E-state index in [0.717, 1.165) is 16.3 Å². The number of halogens is 1. The molecule has 4 nitrogen and oxygen atoms in total. The normalized spacial score (nSPS) is 11.8. The third kappa shape index (κ3) is 3.89. The van der Waals surface area contributed by atoms with Gasteiger partial charge in [-0.15, -0.1) is 0 Å². The molecule has 4 rings (SSSR count). The van der Waals surface area contributed by atoms with Crippen LogP contribution in [0.5, 0.6) is 5.75 Å². The molecule has 0 radical (unpaired) electrons. The highest BCUT2D eigenvalue weighted by atomic mass is 19.1. The van der Waals surface area contributed by atoms with Crippen LogP contribution in [-0.2, 0) is 0 Å². The number of rotatable bonds is 4. The number of anilines is 1. The summed E-state index contributed by atoms with van der Waals surface area (Å²) in [4.78, 5) is 12.7. The molecule has 0 heterocycles. The molecule has 4 aromatic carbocycles. The molecule has 4 aromatic rings. The summed E-state index contributed by atoms with van der Waals surface area (Å²) < 4.78 is 13.9. The van der Waals surface area contributed by atoms with E-state index >= 15 is 0 Å². The number of urea groups is 1. The van der Waals surface area contributed by atoms with Crippen LogP contribution in [0.4, 0.5) is 14.9 Å². The van der Waals surface area contributed by atoms with Crippen LogP contribution in [0.25, 0.3) is 10.8 Å². The summed E-state index contributed by atoms with van der Waals surface area (Å²) in [6, 6.07) is 25.2. The number of hydrogen-bond donors (Lipinski definition) is 3. The van der Waals surface area contributed by atoms with Crippen molar-refractivity contribution in [2.75, 3.05) is 5.32 Å². The van der Waals surface area contributed by atoms with Crippen LogP contribution < -0.4 is 10.6 Å². The van der Waals surface area contributed by atoms with Gasteiger partial charge in [0.05, 0.1) is 11.7 Å². The van der Waals surface area contributed by atoms with Gasteiger partial charge in [0.1, 0.15) is 11.6 Å². The Morgan fingerprint density at radius 1 is 0.828 bits per heavy atom. The van der Waals surface area contributed by atoms with Gasteiger partial charge in [0.15, 0.2) is 0 Å². The SMILES string of the molecule is O=C(Nc1ccccc1F)NC(c1ccccc1)c1c(O)ccc2ccccc12. The van der Waals surface area contributed by atoms with Gasteiger partial charge in [-0.3, -0.25) is 0 Å². The van der Waals surface area contributed by atoms with Gasteiger partial charge in [-0.1, -0.05) is 72.8 Å². The smallest absolute Gasteiger partial charge is 0.320 e. The van der Waals surface area contributed by atoms with Crippen LogP contribution in [-0.4, -0.2) is 11.1 Å². The molecule has 5 heteroatoms. The molecular formula is C24H19FN2O2. The molecule has 0 saturated heterocycles. The lowest BCUT2D eigenvalue weighted by Gasteiger charge is -2.23. The Labute approximate surface area is 167 Å². The van der Waals surface area contributed by atoms with Gasteiger partial charge in [0, 0.05) is 5.56 Å². The first-order valence-corrected chi connectivity index (χ1v) is 9.21. The maximum Gasteiger partial charge on any atom is 0.320 e. The summed E-state index contributed by atoms with van der Waals surface area (Å²) >= 11 is 0. The fourth-order valence-electron chi connectivity index (χ4n) is 3.41. The number of phenols is 1. The van der Waals surface area contributed by atoms with E-state index in [0.29, 0.717) is 5.56 Å². The molecule has 0 saturated carbocycles. The van der Waals surface area contributed by atoms with E-state index in [1.807, 2.05) is 60.7 Å². The summed E-state index contributed by atoms with van der Waals surface area (Å²) in [6.07, 6.45) is 0. The molecule has 0 spiro atoms. The number of benzene rings is 4. The van der Waals surface area contributed by atoms with Crippen LogP contribution in [0, 0.1) is 5.82 Å². The largest absolute Gasteiger partial charge is 0.508 e. The Bertz CT molecular complexity index is 1160. The number of carbonyl (C=O) groups is 1. The molecular weight excluding hydrogens is 367 g/mol. The van der Waals surface area contributed by atoms with Crippen LogP contribution in [0.3, 0.4) is 0 Å². The van der Waals surface area contributed by atoms with E-state index < -0.39 is 17.9 Å². The Kier molecular flexibility index (Phi) is 5.12.